The van der Waals surface area contributed by atoms with E-state index in [-0.39, 0.29) is 12.5 Å². The highest BCUT2D eigenvalue weighted by Crippen LogP contribution is 2.38. The number of hydrogen-bond acceptors (Lipinski definition) is 6. The number of rotatable bonds is 48. The number of quaternary nitrogens is 1. The lowest BCUT2D eigenvalue weighted by Gasteiger charge is -2.29. The number of carbonyl (C=O) groups is 1. The fraction of sp³-hybridized carbons (Fsp3) is 0.868. The van der Waals surface area contributed by atoms with Crippen LogP contribution in [-0.2, 0) is 18.4 Å². The fourth-order valence-electron chi connectivity index (χ4n) is 7.63. The Kier molecular flexibility index (Phi) is 44.0. The van der Waals surface area contributed by atoms with Gasteiger partial charge < -0.3 is 28.8 Å². The molecule has 2 N–H and O–H groups in total. The molecule has 366 valence electrons. The fourth-order valence-corrected chi connectivity index (χ4v) is 8.36. The third kappa shape index (κ3) is 46.7. The summed E-state index contributed by atoms with van der Waals surface area (Å²) in [6.45, 7) is 4.61. The normalized spacial score (nSPS) is 14.4. The monoisotopic (exact) mass is 895 g/mol. The van der Waals surface area contributed by atoms with Gasteiger partial charge >= 0.3 is 0 Å². The van der Waals surface area contributed by atoms with Gasteiger partial charge in [-0.3, -0.25) is 9.36 Å². The van der Waals surface area contributed by atoms with E-state index in [1.54, 1.807) is 6.08 Å². The summed E-state index contributed by atoms with van der Waals surface area (Å²) in [5.74, 6) is -0.217. The van der Waals surface area contributed by atoms with Gasteiger partial charge in [-0.05, 0) is 57.8 Å². The molecule has 0 aliphatic heterocycles. The number of hydrogen-bond donors (Lipinski definition) is 2. The topological polar surface area (TPSA) is 108 Å². The molecule has 0 heterocycles. The van der Waals surface area contributed by atoms with Crippen LogP contribution in [0.15, 0.2) is 36.5 Å². The van der Waals surface area contributed by atoms with Gasteiger partial charge in [0, 0.05) is 6.42 Å². The Balaban J connectivity index is 4.20. The van der Waals surface area contributed by atoms with Gasteiger partial charge in [0.25, 0.3) is 7.82 Å². The van der Waals surface area contributed by atoms with Crippen molar-refractivity contribution in [2.24, 2.45) is 0 Å². The molecular formula is C53H103N2O6P. The number of amides is 1. The maximum absolute atomic E-state index is 12.8. The Bertz CT molecular complexity index is 1110. The van der Waals surface area contributed by atoms with Gasteiger partial charge in [0.05, 0.1) is 39.9 Å². The van der Waals surface area contributed by atoms with Crippen LogP contribution in [0.2, 0.25) is 0 Å². The molecule has 0 rings (SSSR count). The predicted octanol–water partition coefficient (Wildman–Crippen LogP) is 14.8. The first-order chi connectivity index (χ1) is 30.0. The van der Waals surface area contributed by atoms with Crippen LogP contribution in [0, 0.1) is 0 Å². The molecule has 0 aliphatic rings. The Morgan fingerprint density at radius 3 is 1.34 bits per heavy atom. The van der Waals surface area contributed by atoms with E-state index < -0.39 is 26.6 Å². The zero-order valence-corrected chi connectivity index (χ0v) is 42.5. The molecule has 3 atom stereocenters. The minimum Gasteiger partial charge on any atom is -0.756 e. The molecule has 1 amide bonds. The van der Waals surface area contributed by atoms with E-state index in [1.165, 1.54) is 167 Å². The Morgan fingerprint density at radius 2 is 0.903 bits per heavy atom. The lowest BCUT2D eigenvalue weighted by Crippen LogP contribution is -2.45. The minimum atomic E-state index is -4.60. The molecule has 0 aromatic rings. The van der Waals surface area contributed by atoms with E-state index in [1.807, 2.05) is 27.2 Å². The quantitative estimate of drug-likeness (QED) is 0.0273. The first-order valence-electron chi connectivity index (χ1n) is 26.4. The van der Waals surface area contributed by atoms with Crippen molar-refractivity contribution in [3.05, 3.63) is 36.5 Å². The molecule has 8 nitrogen and oxygen atoms in total. The van der Waals surface area contributed by atoms with Gasteiger partial charge in [-0.1, -0.05) is 217 Å². The van der Waals surface area contributed by atoms with E-state index in [9.17, 15) is 19.4 Å². The number of allylic oxidation sites excluding steroid dienone is 5. The zero-order valence-electron chi connectivity index (χ0n) is 41.6. The number of phosphoric ester groups is 1. The van der Waals surface area contributed by atoms with Crippen molar-refractivity contribution in [2.45, 2.75) is 257 Å². The average molecular weight is 895 g/mol. The van der Waals surface area contributed by atoms with Gasteiger partial charge in [-0.25, -0.2) is 0 Å². The Labute approximate surface area is 385 Å². The van der Waals surface area contributed by atoms with Crippen molar-refractivity contribution in [1.29, 1.82) is 0 Å². The number of carbonyl (C=O) groups excluding carboxylic acids is 1. The average Bonchev–Trinajstić information content (AvgIpc) is 3.23. The number of phosphoric acid groups is 1. The molecule has 62 heavy (non-hydrogen) atoms. The van der Waals surface area contributed by atoms with Crippen LogP contribution in [0.25, 0.3) is 0 Å². The summed E-state index contributed by atoms with van der Waals surface area (Å²) in [7, 11) is 1.24. The number of aliphatic hydroxyl groups is 1. The summed E-state index contributed by atoms with van der Waals surface area (Å²) >= 11 is 0. The van der Waals surface area contributed by atoms with Crippen molar-refractivity contribution in [2.75, 3.05) is 40.9 Å². The van der Waals surface area contributed by atoms with Gasteiger partial charge in [0.15, 0.2) is 0 Å². The van der Waals surface area contributed by atoms with Gasteiger partial charge in [0.2, 0.25) is 5.91 Å². The number of nitrogens with zero attached hydrogens (tertiary/aromatic N) is 1. The zero-order chi connectivity index (χ0) is 45.7. The van der Waals surface area contributed by atoms with Crippen LogP contribution in [0.5, 0.6) is 0 Å². The van der Waals surface area contributed by atoms with Crippen molar-refractivity contribution in [3.8, 4) is 0 Å². The van der Waals surface area contributed by atoms with E-state index in [0.29, 0.717) is 17.4 Å². The second-order valence-corrected chi connectivity index (χ2v) is 20.6. The summed E-state index contributed by atoms with van der Waals surface area (Å²) in [6.07, 6.45) is 56.6. The molecule has 9 heteroatoms. The van der Waals surface area contributed by atoms with Gasteiger partial charge in [-0.15, -0.1) is 0 Å². The summed E-state index contributed by atoms with van der Waals surface area (Å²) in [5, 5.41) is 13.8. The molecule has 0 saturated carbocycles. The minimum absolute atomic E-state index is 0.00778. The van der Waals surface area contributed by atoms with Crippen LogP contribution in [0.4, 0.5) is 0 Å². The lowest BCUT2D eigenvalue weighted by molar-refractivity contribution is -0.870. The molecule has 0 spiro atoms. The van der Waals surface area contributed by atoms with Crippen molar-refractivity contribution in [3.63, 3.8) is 0 Å². The number of likely N-dealkylation sites (N-methyl/N-ethyl adjacent to an activating group) is 1. The van der Waals surface area contributed by atoms with E-state index in [0.717, 1.165) is 57.8 Å². The van der Waals surface area contributed by atoms with Crippen LogP contribution in [0.1, 0.15) is 245 Å². The highest BCUT2D eigenvalue weighted by molar-refractivity contribution is 7.45. The van der Waals surface area contributed by atoms with Gasteiger partial charge in [0.1, 0.15) is 13.2 Å². The van der Waals surface area contributed by atoms with Crippen molar-refractivity contribution in [1.82, 2.24) is 5.32 Å². The molecule has 0 fully saturated rings. The summed E-state index contributed by atoms with van der Waals surface area (Å²) in [5.41, 5.74) is 0. The summed E-state index contributed by atoms with van der Waals surface area (Å²) < 4.78 is 23.2. The smallest absolute Gasteiger partial charge is 0.268 e. The van der Waals surface area contributed by atoms with E-state index in [4.69, 9.17) is 9.05 Å². The first kappa shape index (κ1) is 60.7. The number of aliphatic hydroxyl groups excluding tert-OH is 1. The molecule has 0 aromatic heterocycles. The molecule has 0 aromatic carbocycles. The molecule has 0 saturated heterocycles. The predicted molar refractivity (Wildman–Crippen MR) is 265 cm³/mol. The second kappa shape index (κ2) is 44.9. The maximum atomic E-state index is 12.8. The third-order valence-corrected chi connectivity index (χ3v) is 12.8. The van der Waals surface area contributed by atoms with Crippen molar-refractivity contribution >= 4 is 13.7 Å². The molecule has 0 radical (unpaired) electrons. The Hall–Kier alpha value is -1.28. The van der Waals surface area contributed by atoms with Crippen LogP contribution in [0.3, 0.4) is 0 Å². The maximum Gasteiger partial charge on any atom is 0.268 e. The third-order valence-electron chi connectivity index (χ3n) is 11.8. The van der Waals surface area contributed by atoms with Gasteiger partial charge in [-0.2, -0.15) is 0 Å². The second-order valence-electron chi connectivity index (χ2n) is 19.2. The van der Waals surface area contributed by atoms with Crippen LogP contribution in [-0.4, -0.2) is 68.5 Å². The molecule has 0 aliphatic carbocycles. The van der Waals surface area contributed by atoms with Crippen LogP contribution >= 0.6 is 7.82 Å². The summed E-state index contributed by atoms with van der Waals surface area (Å²) in [4.78, 5) is 25.3. The highest BCUT2D eigenvalue weighted by atomic mass is 31.2. The van der Waals surface area contributed by atoms with E-state index >= 15 is 0 Å². The highest BCUT2D eigenvalue weighted by Gasteiger charge is 2.23. The number of nitrogens with one attached hydrogen (secondary N) is 1. The first-order valence-corrected chi connectivity index (χ1v) is 27.8. The summed E-state index contributed by atoms with van der Waals surface area (Å²) in [6, 6.07) is -0.906. The molecule has 3 unspecified atom stereocenters. The van der Waals surface area contributed by atoms with Crippen LogP contribution < -0.4 is 10.2 Å². The number of unbranched alkanes of at least 4 members (excludes halogenated alkanes) is 31. The van der Waals surface area contributed by atoms with Crippen molar-refractivity contribution < 1.29 is 32.9 Å². The van der Waals surface area contributed by atoms with E-state index in [2.05, 4.69) is 43.5 Å². The Morgan fingerprint density at radius 1 is 0.548 bits per heavy atom. The lowest BCUT2D eigenvalue weighted by atomic mass is 10.0. The molecule has 0 bridgehead atoms. The standard InChI is InChI=1S/C53H103N2O6P/c1-6-8-10-12-14-16-18-20-21-22-23-24-25-26-27-28-29-30-31-32-33-34-35-36-38-40-42-44-46-52(56)51(50-61-62(58,59)60-49-48-55(3,4)5)54-53(57)47-45-43-41-39-37-19-17-15-13-11-9-7-2/h15,17,36,38,44,46,51-52,56H,6-14,16,18-35,37,39-43,45,47-50H2,1-5H3,(H-,54,57,58,59)/b17-15-,38-36+,46-44+. The SMILES string of the molecule is CCCCC/C=C\CCCCCCCC(=O)NC(COP(=O)([O-])OCC[N+](C)(C)C)C(O)/C=C/CC/C=C/CCCCCCCCCCCCCCCCCCCCCCCC. The molecular weight excluding hydrogens is 792 g/mol. The largest absolute Gasteiger partial charge is 0.756 e.